The van der Waals surface area contributed by atoms with Crippen LogP contribution in [-0.2, 0) is 27.2 Å². The zero-order valence-corrected chi connectivity index (χ0v) is 23.0. The number of carboxylic acids is 1. The largest absolute Gasteiger partial charge is 0.493 e. The van der Waals surface area contributed by atoms with E-state index in [1.165, 1.54) is 0 Å². The van der Waals surface area contributed by atoms with Gasteiger partial charge in [0.05, 0.1) is 14.2 Å². The lowest BCUT2D eigenvalue weighted by Gasteiger charge is -2.14. The first kappa shape index (κ1) is 33.9. The number of halogens is 3. The average Bonchev–Trinajstić information content (AvgIpc) is 2.87. The van der Waals surface area contributed by atoms with Crippen molar-refractivity contribution in [2.45, 2.75) is 58.2 Å². The van der Waals surface area contributed by atoms with Gasteiger partial charge in [-0.05, 0) is 42.0 Å². The minimum Gasteiger partial charge on any atom is -0.493 e. The maximum Gasteiger partial charge on any atom is 0.490 e. The minimum atomic E-state index is -5.08. The quantitative estimate of drug-likeness (QED) is 0.256. The molecular formula is C28H36F3N3O6. The molecule has 40 heavy (non-hydrogen) atoms. The van der Waals surface area contributed by atoms with Crippen LogP contribution in [0, 0.1) is 5.92 Å². The molecule has 0 aliphatic carbocycles. The minimum absolute atomic E-state index is 0.0135. The molecule has 0 aromatic heterocycles. The lowest BCUT2D eigenvalue weighted by molar-refractivity contribution is -0.192. The Hall–Kier alpha value is -4.09. The average molecular weight is 568 g/mol. The predicted molar refractivity (Wildman–Crippen MR) is 144 cm³/mol. The number of Topliss-reactive ketones (excluding diaryl/α,β-unsaturated/α-hetero) is 1. The van der Waals surface area contributed by atoms with Crippen molar-refractivity contribution in [1.29, 1.82) is 0 Å². The molecule has 1 atom stereocenters. The number of methoxy groups -OCH3 is 2. The van der Waals surface area contributed by atoms with Crippen molar-refractivity contribution in [3.05, 3.63) is 59.7 Å². The Labute approximate surface area is 231 Å². The van der Waals surface area contributed by atoms with Gasteiger partial charge >= 0.3 is 12.1 Å². The van der Waals surface area contributed by atoms with Gasteiger partial charge in [0.2, 0.25) is 5.91 Å². The molecule has 0 spiro atoms. The van der Waals surface area contributed by atoms with E-state index in [1.54, 1.807) is 14.2 Å². The second kappa shape index (κ2) is 16.8. The number of nitrogens with two attached hydrogens (primary N) is 1. The summed E-state index contributed by atoms with van der Waals surface area (Å²) >= 11 is 0. The number of aryl methyl sites for hydroxylation is 1. The van der Waals surface area contributed by atoms with Crippen molar-refractivity contribution in [1.82, 2.24) is 5.32 Å². The number of aliphatic imine (C=N–C) groups is 1. The summed E-state index contributed by atoms with van der Waals surface area (Å²) in [7, 11) is 3.20. The molecule has 0 radical (unpaired) electrons. The molecule has 220 valence electrons. The van der Waals surface area contributed by atoms with Crippen LogP contribution in [0.3, 0.4) is 0 Å². The van der Waals surface area contributed by atoms with Crippen LogP contribution in [0.15, 0.2) is 53.5 Å². The molecule has 9 nitrogen and oxygen atoms in total. The number of carboxylic acid groups (broad SMARTS) is 1. The molecule has 0 saturated carbocycles. The van der Waals surface area contributed by atoms with E-state index in [2.05, 4.69) is 10.3 Å². The fraction of sp³-hybridized carbons (Fsp3) is 0.429. The molecule has 12 heteroatoms. The van der Waals surface area contributed by atoms with Crippen LogP contribution in [0.2, 0.25) is 0 Å². The van der Waals surface area contributed by atoms with Crippen LogP contribution in [-0.4, -0.2) is 55.2 Å². The zero-order chi connectivity index (χ0) is 30.3. The lowest BCUT2D eigenvalue weighted by atomic mass is 9.98. The highest BCUT2D eigenvalue weighted by molar-refractivity contribution is 5.97. The number of hydrogen-bond acceptors (Lipinski definition) is 6. The number of ether oxygens (including phenoxy) is 2. The monoisotopic (exact) mass is 567 g/mol. The van der Waals surface area contributed by atoms with Crippen LogP contribution < -0.4 is 20.5 Å². The number of amides is 1. The van der Waals surface area contributed by atoms with Gasteiger partial charge in [-0.15, -0.1) is 0 Å². The summed E-state index contributed by atoms with van der Waals surface area (Å²) in [6.07, 6.45) is -2.58. The summed E-state index contributed by atoms with van der Waals surface area (Å²) in [5, 5.41) is 9.72. The molecule has 0 aliphatic heterocycles. The normalized spacial score (nSPS) is 12.2. The number of carbonyl (C=O) groups is 3. The van der Waals surface area contributed by atoms with Crippen molar-refractivity contribution >= 4 is 23.6 Å². The molecule has 0 fully saturated rings. The van der Waals surface area contributed by atoms with Gasteiger partial charge < -0.3 is 20.3 Å². The lowest BCUT2D eigenvalue weighted by Crippen LogP contribution is -2.39. The SMILES string of the molecule is COc1ccc(CCCC(=O)[C@@H](Cc2ccccc2)N=C(N)NC(=O)CC(C)C)cc1OC.O=C(O)C(F)(F)F. The Bertz CT molecular complexity index is 1140. The topological polar surface area (TPSA) is 140 Å². The van der Waals surface area contributed by atoms with E-state index in [1.807, 2.05) is 62.4 Å². The van der Waals surface area contributed by atoms with Crippen LogP contribution in [0.25, 0.3) is 0 Å². The van der Waals surface area contributed by atoms with E-state index in [4.69, 9.17) is 25.1 Å². The molecule has 1 amide bonds. The number of aliphatic carboxylic acids is 1. The first-order valence-electron chi connectivity index (χ1n) is 12.5. The molecule has 2 aromatic carbocycles. The predicted octanol–water partition coefficient (Wildman–Crippen LogP) is 4.32. The summed E-state index contributed by atoms with van der Waals surface area (Å²) in [4.78, 5) is 38.3. The number of nitrogens with zero attached hydrogens (tertiary/aromatic N) is 1. The fourth-order valence-electron chi connectivity index (χ4n) is 3.50. The van der Waals surface area contributed by atoms with E-state index < -0.39 is 18.2 Å². The van der Waals surface area contributed by atoms with Crippen molar-refractivity contribution < 1.29 is 42.1 Å². The molecule has 2 rings (SSSR count). The van der Waals surface area contributed by atoms with Gasteiger partial charge in [-0.3, -0.25) is 14.9 Å². The number of benzene rings is 2. The van der Waals surface area contributed by atoms with Crippen LogP contribution in [0.4, 0.5) is 13.2 Å². The molecular weight excluding hydrogens is 531 g/mol. The van der Waals surface area contributed by atoms with Gasteiger partial charge in [-0.25, -0.2) is 9.79 Å². The van der Waals surface area contributed by atoms with Gasteiger partial charge in [-0.2, -0.15) is 13.2 Å². The maximum absolute atomic E-state index is 13.0. The highest BCUT2D eigenvalue weighted by Gasteiger charge is 2.38. The van der Waals surface area contributed by atoms with Crippen LogP contribution >= 0.6 is 0 Å². The number of carbonyl (C=O) groups excluding carboxylic acids is 2. The van der Waals surface area contributed by atoms with E-state index in [0.717, 1.165) is 11.1 Å². The van der Waals surface area contributed by atoms with E-state index in [9.17, 15) is 22.8 Å². The number of alkyl halides is 3. The Kier molecular flexibility index (Phi) is 14.2. The number of rotatable bonds is 12. The van der Waals surface area contributed by atoms with E-state index in [-0.39, 0.29) is 23.6 Å². The molecule has 0 aliphatic rings. The molecule has 0 bridgehead atoms. The highest BCUT2D eigenvalue weighted by Crippen LogP contribution is 2.28. The van der Waals surface area contributed by atoms with Crippen molar-refractivity contribution in [2.75, 3.05) is 14.2 Å². The standard InChI is InChI=1S/C26H35N3O4.C2HF3O2/c1-18(2)15-25(31)29-26(27)28-21(16-19-9-6-5-7-10-19)22(30)12-8-11-20-13-14-23(32-3)24(17-20)33-4;3-2(4,5)1(6)7/h5-7,9-10,13-14,17-18,21H,8,11-12,15-16H2,1-4H3,(H3,27,28,29,31);(H,6,7)/t21-;/m1./s1. The van der Waals surface area contributed by atoms with Gasteiger partial charge in [0.1, 0.15) is 6.04 Å². The molecule has 0 saturated heterocycles. The smallest absolute Gasteiger partial charge is 0.490 e. The maximum atomic E-state index is 13.0. The van der Waals surface area contributed by atoms with E-state index in [0.29, 0.717) is 43.6 Å². The first-order chi connectivity index (χ1) is 18.8. The Morgan fingerprint density at radius 1 is 1.00 bits per heavy atom. The third kappa shape index (κ3) is 13.1. The van der Waals surface area contributed by atoms with Gasteiger partial charge in [0, 0.05) is 19.3 Å². The summed E-state index contributed by atoms with van der Waals surface area (Å²) in [5.41, 5.74) is 8.01. The number of hydrogen-bond donors (Lipinski definition) is 3. The Morgan fingerprint density at radius 3 is 2.12 bits per heavy atom. The summed E-state index contributed by atoms with van der Waals surface area (Å²) < 4.78 is 42.4. The summed E-state index contributed by atoms with van der Waals surface area (Å²) in [5.74, 6) is -1.45. The fourth-order valence-corrected chi connectivity index (χ4v) is 3.50. The van der Waals surface area contributed by atoms with Gasteiger partial charge in [-0.1, -0.05) is 50.2 Å². The second-order valence-electron chi connectivity index (χ2n) is 9.18. The van der Waals surface area contributed by atoms with E-state index >= 15 is 0 Å². The third-order valence-electron chi connectivity index (χ3n) is 5.38. The number of guanidine groups is 1. The number of nitrogens with one attached hydrogen (secondary N) is 1. The van der Waals surface area contributed by atoms with Crippen molar-refractivity contribution in [2.24, 2.45) is 16.6 Å². The number of ketones is 1. The zero-order valence-electron chi connectivity index (χ0n) is 23.0. The second-order valence-corrected chi connectivity index (χ2v) is 9.18. The molecule has 2 aromatic rings. The summed E-state index contributed by atoms with van der Waals surface area (Å²) in [6.45, 7) is 3.90. The van der Waals surface area contributed by atoms with Gasteiger partial charge in [0.15, 0.2) is 23.2 Å². The third-order valence-corrected chi connectivity index (χ3v) is 5.38. The van der Waals surface area contributed by atoms with Crippen molar-refractivity contribution in [3.8, 4) is 11.5 Å². The molecule has 4 N–H and O–H groups in total. The summed E-state index contributed by atoms with van der Waals surface area (Å²) in [6, 6.07) is 14.8. The Morgan fingerprint density at radius 2 is 1.60 bits per heavy atom. The van der Waals surface area contributed by atoms with Crippen molar-refractivity contribution in [3.63, 3.8) is 0 Å². The Balaban J connectivity index is 0.00000101. The highest BCUT2D eigenvalue weighted by atomic mass is 19.4. The van der Waals surface area contributed by atoms with Crippen LogP contribution in [0.1, 0.15) is 44.2 Å². The van der Waals surface area contributed by atoms with Gasteiger partial charge in [0.25, 0.3) is 0 Å². The van der Waals surface area contributed by atoms with Crippen LogP contribution in [0.5, 0.6) is 11.5 Å². The first-order valence-corrected chi connectivity index (χ1v) is 12.5. The molecule has 0 heterocycles. The molecule has 0 unspecified atom stereocenters.